The van der Waals surface area contributed by atoms with Gasteiger partial charge in [-0.2, -0.15) is 0 Å². The van der Waals surface area contributed by atoms with Crippen molar-refractivity contribution in [2.75, 3.05) is 12.4 Å². The molecule has 1 aromatic heterocycles. The minimum absolute atomic E-state index is 0.154. The number of halogens is 3. The van der Waals surface area contributed by atoms with Crippen molar-refractivity contribution in [1.29, 1.82) is 0 Å². The van der Waals surface area contributed by atoms with E-state index < -0.39 is 18.2 Å². The second-order valence-corrected chi connectivity index (χ2v) is 6.64. The molecule has 1 aromatic carbocycles. The van der Waals surface area contributed by atoms with Crippen molar-refractivity contribution < 1.29 is 27.8 Å². The van der Waals surface area contributed by atoms with E-state index >= 15 is 0 Å². The molecule has 1 heterocycles. The summed E-state index contributed by atoms with van der Waals surface area (Å²) in [6.45, 7) is 7.42. The zero-order chi connectivity index (χ0) is 21.8. The highest BCUT2D eigenvalue weighted by atomic mass is 19.4. The first-order chi connectivity index (χ1) is 13.6. The van der Waals surface area contributed by atoms with Gasteiger partial charge in [0, 0.05) is 17.7 Å². The third-order valence-corrected chi connectivity index (χ3v) is 4.48. The number of anilines is 1. The number of alkyl halides is 3. The fraction of sp³-hybridized carbons (Fsp3) is 0.500. The van der Waals surface area contributed by atoms with Gasteiger partial charge in [0.1, 0.15) is 17.2 Å². The number of aromatic nitrogens is 2. The van der Waals surface area contributed by atoms with E-state index in [0.29, 0.717) is 28.5 Å². The molecule has 0 amide bonds. The number of hydrogen-bond acceptors (Lipinski definition) is 6. The molecule has 9 heteroatoms. The van der Waals surface area contributed by atoms with E-state index in [1.165, 1.54) is 19.2 Å². The number of hydrogen-bond donors (Lipinski definition) is 2. The van der Waals surface area contributed by atoms with E-state index in [2.05, 4.69) is 20.0 Å². The number of methoxy groups -OCH3 is 1. The molecule has 2 aromatic rings. The maximum absolute atomic E-state index is 12.5. The van der Waals surface area contributed by atoms with Crippen LogP contribution in [0.3, 0.4) is 0 Å². The number of aryl methyl sites for hydroxylation is 1. The molecule has 0 spiro atoms. The fourth-order valence-corrected chi connectivity index (χ4v) is 2.94. The molecule has 2 rings (SSSR count). The molecule has 6 nitrogen and oxygen atoms in total. The first kappa shape index (κ1) is 22.7. The van der Waals surface area contributed by atoms with Crippen molar-refractivity contribution in [1.82, 2.24) is 9.97 Å². The lowest BCUT2D eigenvalue weighted by Crippen LogP contribution is -2.21. The molecule has 160 valence electrons. The van der Waals surface area contributed by atoms with Crippen molar-refractivity contribution in [2.24, 2.45) is 0 Å². The van der Waals surface area contributed by atoms with Gasteiger partial charge in [-0.1, -0.05) is 13.8 Å². The standard InChI is InChI=1S/C20H26F3N3O3/c1-6-13(7-2)25-19-18(12(4)27)26-17(11(3)24-19)15-9-8-14(10-16(15)28-5)29-20(21,22)23/h8-10,12-13,27H,6-7H2,1-5H3,(H,24,25). The summed E-state index contributed by atoms with van der Waals surface area (Å²) in [7, 11) is 1.34. The number of nitrogens with one attached hydrogen (secondary N) is 1. The Hall–Kier alpha value is -2.55. The molecular weight excluding hydrogens is 387 g/mol. The van der Waals surface area contributed by atoms with E-state index in [9.17, 15) is 18.3 Å². The zero-order valence-electron chi connectivity index (χ0n) is 17.1. The van der Waals surface area contributed by atoms with E-state index in [0.717, 1.165) is 18.9 Å². The lowest BCUT2D eigenvalue weighted by molar-refractivity contribution is -0.274. The van der Waals surface area contributed by atoms with Crippen molar-refractivity contribution in [2.45, 2.75) is 59.0 Å². The lowest BCUT2D eigenvalue weighted by Gasteiger charge is -2.21. The number of ether oxygens (including phenoxy) is 2. The largest absolute Gasteiger partial charge is 0.573 e. The Kier molecular flexibility index (Phi) is 7.29. The van der Waals surface area contributed by atoms with Crippen LogP contribution in [0.15, 0.2) is 18.2 Å². The van der Waals surface area contributed by atoms with E-state index in [-0.39, 0.29) is 11.8 Å². The molecule has 0 radical (unpaired) electrons. The molecular formula is C20H26F3N3O3. The van der Waals surface area contributed by atoms with Crippen LogP contribution in [-0.2, 0) is 0 Å². The van der Waals surface area contributed by atoms with Gasteiger partial charge in [-0.3, -0.25) is 0 Å². The quantitative estimate of drug-likeness (QED) is 0.633. The van der Waals surface area contributed by atoms with Crippen LogP contribution < -0.4 is 14.8 Å². The second kappa shape index (κ2) is 9.30. The van der Waals surface area contributed by atoms with Gasteiger partial charge in [-0.15, -0.1) is 13.2 Å². The maximum Gasteiger partial charge on any atom is 0.573 e. The number of benzene rings is 1. The van der Waals surface area contributed by atoms with Crippen molar-refractivity contribution in [3.05, 3.63) is 29.6 Å². The second-order valence-electron chi connectivity index (χ2n) is 6.64. The zero-order valence-corrected chi connectivity index (χ0v) is 17.1. The average Bonchev–Trinajstić information content (AvgIpc) is 2.64. The molecule has 0 aliphatic carbocycles. The highest BCUT2D eigenvalue weighted by Crippen LogP contribution is 2.36. The molecule has 0 fully saturated rings. The Balaban J connectivity index is 2.53. The van der Waals surface area contributed by atoms with Crippen LogP contribution in [0.5, 0.6) is 11.5 Å². The molecule has 0 saturated carbocycles. The lowest BCUT2D eigenvalue weighted by atomic mass is 10.1. The first-order valence-electron chi connectivity index (χ1n) is 9.36. The van der Waals surface area contributed by atoms with Gasteiger partial charge < -0.3 is 19.9 Å². The Morgan fingerprint density at radius 3 is 2.34 bits per heavy atom. The molecule has 0 aliphatic rings. The summed E-state index contributed by atoms with van der Waals surface area (Å²) >= 11 is 0. The van der Waals surface area contributed by atoms with Gasteiger partial charge >= 0.3 is 6.36 Å². The number of nitrogens with zero attached hydrogens (tertiary/aromatic N) is 2. The summed E-state index contributed by atoms with van der Waals surface area (Å²) in [5.74, 6) is 0.249. The molecule has 0 aliphatic heterocycles. The predicted octanol–water partition coefficient (Wildman–Crippen LogP) is 5.01. The normalized spacial score (nSPS) is 12.8. The highest BCUT2D eigenvalue weighted by molar-refractivity contribution is 5.71. The molecule has 0 saturated heterocycles. The summed E-state index contributed by atoms with van der Waals surface area (Å²) in [6, 6.07) is 3.93. The van der Waals surface area contributed by atoms with Gasteiger partial charge in [0.2, 0.25) is 0 Å². The molecule has 1 unspecified atom stereocenters. The number of aliphatic hydroxyl groups excluding tert-OH is 1. The van der Waals surface area contributed by atoms with Crippen LogP contribution in [-0.4, -0.2) is 34.6 Å². The van der Waals surface area contributed by atoms with Crippen molar-refractivity contribution in [3.63, 3.8) is 0 Å². The topological polar surface area (TPSA) is 76.5 Å². The Morgan fingerprint density at radius 2 is 1.83 bits per heavy atom. The van der Waals surface area contributed by atoms with Gasteiger partial charge in [0.25, 0.3) is 0 Å². The fourth-order valence-electron chi connectivity index (χ4n) is 2.94. The maximum atomic E-state index is 12.5. The predicted molar refractivity (Wildman–Crippen MR) is 104 cm³/mol. The van der Waals surface area contributed by atoms with Gasteiger partial charge in [-0.05, 0) is 38.8 Å². The van der Waals surface area contributed by atoms with E-state index in [1.807, 2.05) is 13.8 Å². The highest BCUT2D eigenvalue weighted by Gasteiger charge is 2.31. The van der Waals surface area contributed by atoms with Gasteiger partial charge in [-0.25, -0.2) is 9.97 Å². The summed E-state index contributed by atoms with van der Waals surface area (Å²) in [4.78, 5) is 9.12. The SMILES string of the molecule is CCC(CC)Nc1nc(C)c(-c2ccc(OC(F)(F)F)cc2OC)nc1C(C)O. The third kappa shape index (κ3) is 5.72. The molecule has 2 N–H and O–H groups in total. The van der Waals surface area contributed by atoms with Crippen LogP contribution in [0.2, 0.25) is 0 Å². The van der Waals surface area contributed by atoms with Crippen LogP contribution in [0.1, 0.15) is 51.1 Å². The summed E-state index contributed by atoms with van der Waals surface area (Å²) in [5.41, 5.74) is 1.76. The molecule has 29 heavy (non-hydrogen) atoms. The Morgan fingerprint density at radius 1 is 1.17 bits per heavy atom. The minimum Gasteiger partial charge on any atom is -0.496 e. The summed E-state index contributed by atoms with van der Waals surface area (Å²) < 4.78 is 46.7. The van der Waals surface area contributed by atoms with E-state index in [1.54, 1.807) is 13.8 Å². The van der Waals surface area contributed by atoms with Gasteiger partial charge in [0.05, 0.1) is 24.6 Å². The molecule has 0 bridgehead atoms. The van der Waals surface area contributed by atoms with Crippen LogP contribution in [0.4, 0.5) is 19.0 Å². The Labute approximate surface area is 168 Å². The van der Waals surface area contributed by atoms with Crippen molar-refractivity contribution in [3.8, 4) is 22.8 Å². The smallest absolute Gasteiger partial charge is 0.496 e. The summed E-state index contributed by atoms with van der Waals surface area (Å²) in [6.07, 6.45) is -3.93. The van der Waals surface area contributed by atoms with Crippen LogP contribution in [0.25, 0.3) is 11.3 Å². The number of aliphatic hydroxyl groups is 1. The minimum atomic E-state index is -4.80. The van der Waals surface area contributed by atoms with Crippen LogP contribution >= 0.6 is 0 Å². The van der Waals surface area contributed by atoms with E-state index in [4.69, 9.17) is 4.74 Å². The van der Waals surface area contributed by atoms with Crippen LogP contribution in [0, 0.1) is 6.92 Å². The first-order valence-corrected chi connectivity index (χ1v) is 9.36. The monoisotopic (exact) mass is 413 g/mol. The van der Waals surface area contributed by atoms with Crippen molar-refractivity contribution >= 4 is 5.82 Å². The number of rotatable bonds is 8. The average molecular weight is 413 g/mol. The molecule has 1 atom stereocenters. The third-order valence-electron chi connectivity index (χ3n) is 4.48. The Bertz CT molecular complexity index is 838. The summed E-state index contributed by atoms with van der Waals surface area (Å²) in [5, 5.41) is 13.5. The van der Waals surface area contributed by atoms with Gasteiger partial charge in [0.15, 0.2) is 5.82 Å².